The number of hydrogen-bond acceptors (Lipinski definition) is 5. The van der Waals surface area contributed by atoms with Gasteiger partial charge >= 0.3 is 0 Å². The number of carbonyl (C=O) groups excluding carboxylic acids is 1. The van der Waals surface area contributed by atoms with Gasteiger partial charge in [-0.15, -0.1) is 0 Å². The van der Waals surface area contributed by atoms with E-state index in [-0.39, 0.29) is 11.8 Å². The lowest BCUT2D eigenvalue weighted by atomic mass is 9.97. The summed E-state index contributed by atoms with van der Waals surface area (Å²) in [5.74, 6) is 1.08. The number of aryl methyl sites for hydroxylation is 2. The molecule has 7 nitrogen and oxygen atoms in total. The van der Waals surface area contributed by atoms with Gasteiger partial charge in [0.15, 0.2) is 0 Å². The molecule has 1 aliphatic carbocycles. The van der Waals surface area contributed by atoms with Crippen molar-refractivity contribution >= 4 is 15.9 Å². The quantitative estimate of drug-likeness (QED) is 0.690. The summed E-state index contributed by atoms with van der Waals surface area (Å²) in [6.07, 6.45) is 4.08. The summed E-state index contributed by atoms with van der Waals surface area (Å²) in [5.41, 5.74) is 3.29. The topological polar surface area (TPSA) is 84.9 Å². The Balaban J connectivity index is 1.34. The Morgan fingerprint density at radius 2 is 1.66 bits per heavy atom. The van der Waals surface area contributed by atoms with Gasteiger partial charge in [0.1, 0.15) is 11.5 Å². The zero-order chi connectivity index (χ0) is 22.7. The lowest BCUT2D eigenvalue weighted by molar-refractivity contribution is -0.126. The number of ether oxygens (including phenoxy) is 2. The normalized spacial score (nSPS) is 17.1. The SMILES string of the molecule is COc1cc(CNC(=O)C2CCN(S(=O)(=O)c3ccc4c(c3)CCC4)CC2)cc(OC)c1. The average molecular weight is 459 g/mol. The van der Waals surface area contributed by atoms with Gasteiger partial charge in [-0.2, -0.15) is 4.31 Å². The van der Waals surface area contributed by atoms with E-state index >= 15 is 0 Å². The predicted molar refractivity (Wildman–Crippen MR) is 121 cm³/mol. The molecule has 2 aromatic carbocycles. The predicted octanol–water partition coefficient (Wildman–Crippen LogP) is 2.91. The summed E-state index contributed by atoms with van der Waals surface area (Å²) >= 11 is 0. The van der Waals surface area contributed by atoms with E-state index in [1.807, 2.05) is 24.3 Å². The van der Waals surface area contributed by atoms with Gasteiger partial charge in [-0.05, 0) is 73.1 Å². The molecule has 1 aliphatic heterocycles. The number of methoxy groups -OCH3 is 2. The second-order valence-electron chi connectivity index (χ2n) is 8.40. The van der Waals surface area contributed by atoms with Gasteiger partial charge in [0, 0.05) is 31.6 Å². The first kappa shape index (κ1) is 22.6. The zero-order valence-electron chi connectivity index (χ0n) is 18.6. The fraction of sp³-hybridized carbons (Fsp3) is 0.458. The van der Waals surface area contributed by atoms with Crippen LogP contribution in [0.2, 0.25) is 0 Å². The maximum atomic E-state index is 13.1. The number of benzene rings is 2. The van der Waals surface area contributed by atoms with Crippen LogP contribution in [0.1, 0.15) is 36.0 Å². The van der Waals surface area contributed by atoms with Crippen LogP contribution in [0.5, 0.6) is 11.5 Å². The number of rotatable bonds is 7. The van der Waals surface area contributed by atoms with Crippen molar-refractivity contribution in [2.75, 3.05) is 27.3 Å². The highest BCUT2D eigenvalue weighted by Crippen LogP contribution is 2.29. The Hall–Kier alpha value is -2.58. The van der Waals surface area contributed by atoms with Crippen molar-refractivity contribution in [1.82, 2.24) is 9.62 Å². The highest BCUT2D eigenvalue weighted by Gasteiger charge is 2.32. The highest BCUT2D eigenvalue weighted by molar-refractivity contribution is 7.89. The molecule has 1 N–H and O–H groups in total. The van der Waals surface area contributed by atoms with Crippen LogP contribution in [0, 0.1) is 5.92 Å². The molecule has 2 aromatic rings. The van der Waals surface area contributed by atoms with E-state index in [4.69, 9.17) is 9.47 Å². The third-order valence-electron chi connectivity index (χ3n) is 6.41. The molecule has 1 amide bonds. The number of fused-ring (bicyclic) bond motifs is 1. The molecule has 1 fully saturated rings. The number of nitrogens with zero attached hydrogens (tertiary/aromatic N) is 1. The van der Waals surface area contributed by atoms with E-state index in [0.29, 0.717) is 48.9 Å². The van der Waals surface area contributed by atoms with Gasteiger partial charge in [0.25, 0.3) is 0 Å². The smallest absolute Gasteiger partial charge is 0.243 e. The van der Waals surface area contributed by atoms with E-state index in [1.165, 1.54) is 9.87 Å². The zero-order valence-corrected chi connectivity index (χ0v) is 19.4. The number of nitrogens with one attached hydrogen (secondary N) is 1. The van der Waals surface area contributed by atoms with Crippen LogP contribution in [0.15, 0.2) is 41.3 Å². The van der Waals surface area contributed by atoms with Crippen LogP contribution in [-0.4, -0.2) is 45.9 Å². The minimum absolute atomic E-state index is 0.0543. The van der Waals surface area contributed by atoms with Crippen molar-refractivity contribution < 1.29 is 22.7 Å². The van der Waals surface area contributed by atoms with Crippen molar-refractivity contribution in [2.45, 2.75) is 43.5 Å². The fourth-order valence-corrected chi connectivity index (χ4v) is 6.04. The monoisotopic (exact) mass is 458 g/mol. The van der Waals surface area contributed by atoms with Crippen molar-refractivity contribution in [1.29, 1.82) is 0 Å². The summed E-state index contributed by atoms with van der Waals surface area (Å²) in [5, 5.41) is 2.97. The molecule has 32 heavy (non-hydrogen) atoms. The number of sulfonamides is 1. The maximum Gasteiger partial charge on any atom is 0.243 e. The molecule has 0 spiro atoms. The standard InChI is InChI=1S/C24H30N2O5S/c1-30-21-12-17(13-22(15-21)31-2)16-25-24(27)19-8-10-26(11-9-19)32(28,29)23-7-6-18-4-3-5-20(18)14-23/h6-7,12-15,19H,3-5,8-11,16H2,1-2H3,(H,25,27). The largest absolute Gasteiger partial charge is 0.497 e. The maximum absolute atomic E-state index is 13.1. The first-order valence-corrected chi connectivity index (χ1v) is 12.5. The molecule has 8 heteroatoms. The minimum atomic E-state index is -3.53. The molecule has 172 valence electrons. The van der Waals surface area contributed by atoms with Crippen molar-refractivity contribution in [3.63, 3.8) is 0 Å². The van der Waals surface area contributed by atoms with E-state index in [1.54, 1.807) is 26.4 Å². The van der Waals surface area contributed by atoms with Crippen LogP contribution in [0.3, 0.4) is 0 Å². The van der Waals surface area contributed by atoms with Crippen molar-refractivity contribution in [3.8, 4) is 11.5 Å². The third-order valence-corrected chi connectivity index (χ3v) is 8.31. The van der Waals surface area contributed by atoms with Crippen LogP contribution >= 0.6 is 0 Å². The summed E-state index contributed by atoms with van der Waals surface area (Å²) < 4.78 is 38.2. The Morgan fingerprint density at radius 1 is 1.00 bits per heavy atom. The molecular formula is C24H30N2O5S. The van der Waals surface area contributed by atoms with E-state index in [9.17, 15) is 13.2 Å². The number of piperidine rings is 1. The van der Waals surface area contributed by atoms with E-state index < -0.39 is 10.0 Å². The molecule has 0 unspecified atom stereocenters. The molecule has 0 atom stereocenters. The molecule has 0 aromatic heterocycles. The molecule has 4 rings (SSSR count). The summed E-state index contributed by atoms with van der Waals surface area (Å²) in [7, 11) is -0.359. The van der Waals surface area contributed by atoms with Gasteiger partial charge in [-0.25, -0.2) is 8.42 Å². The number of hydrogen-bond donors (Lipinski definition) is 1. The first-order valence-electron chi connectivity index (χ1n) is 11.0. The molecule has 0 radical (unpaired) electrons. The lowest BCUT2D eigenvalue weighted by Crippen LogP contribution is -2.42. The minimum Gasteiger partial charge on any atom is -0.497 e. The fourth-order valence-electron chi connectivity index (χ4n) is 4.52. The second-order valence-corrected chi connectivity index (χ2v) is 10.3. The van der Waals surface area contributed by atoms with Crippen LogP contribution in [0.25, 0.3) is 0 Å². The summed E-state index contributed by atoms with van der Waals surface area (Å²) in [6.45, 7) is 1.06. The Bertz CT molecular complexity index is 1070. The van der Waals surface area contributed by atoms with Crippen LogP contribution in [-0.2, 0) is 34.2 Å². The molecular weight excluding hydrogens is 428 g/mol. The van der Waals surface area contributed by atoms with Gasteiger partial charge in [0.2, 0.25) is 15.9 Å². The molecule has 2 aliphatic rings. The highest BCUT2D eigenvalue weighted by atomic mass is 32.2. The van der Waals surface area contributed by atoms with E-state index in [0.717, 1.165) is 30.4 Å². The Morgan fingerprint density at radius 3 is 2.31 bits per heavy atom. The average Bonchev–Trinajstić information content (AvgIpc) is 3.30. The first-order chi connectivity index (χ1) is 15.4. The summed E-state index contributed by atoms with van der Waals surface area (Å²) in [6, 6.07) is 11.0. The summed E-state index contributed by atoms with van der Waals surface area (Å²) in [4.78, 5) is 13.1. The number of carbonyl (C=O) groups is 1. The third kappa shape index (κ3) is 4.76. The van der Waals surface area contributed by atoms with Crippen LogP contribution < -0.4 is 14.8 Å². The van der Waals surface area contributed by atoms with Gasteiger partial charge in [-0.1, -0.05) is 6.07 Å². The molecule has 0 saturated carbocycles. The Labute approximate surface area is 189 Å². The second kappa shape index (κ2) is 9.50. The Kier molecular flexibility index (Phi) is 6.71. The number of amides is 1. The van der Waals surface area contributed by atoms with Gasteiger partial charge in [0.05, 0.1) is 19.1 Å². The molecule has 1 saturated heterocycles. The van der Waals surface area contributed by atoms with Gasteiger partial charge < -0.3 is 14.8 Å². The van der Waals surface area contributed by atoms with Crippen LogP contribution in [0.4, 0.5) is 0 Å². The molecule has 0 bridgehead atoms. The van der Waals surface area contributed by atoms with E-state index in [2.05, 4.69) is 5.32 Å². The van der Waals surface area contributed by atoms with Crippen molar-refractivity contribution in [3.05, 3.63) is 53.1 Å². The lowest BCUT2D eigenvalue weighted by Gasteiger charge is -2.30. The van der Waals surface area contributed by atoms with Gasteiger partial charge in [-0.3, -0.25) is 4.79 Å². The van der Waals surface area contributed by atoms with Crippen molar-refractivity contribution in [2.24, 2.45) is 5.92 Å². The molecule has 1 heterocycles.